The summed E-state index contributed by atoms with van der Waals surface area (Å²) in [5.41, 5.74) is 0.733. The minimum atomic E-state index is -0.624. The fraction of sp³-hybridized carbons (Fsp3) is 0.619. The Morgan fingerprint density at radius 2 is 2.07 bits per heavy atom. The second-order valence-corrected chi connectivity index (χ2v) is 8.19. The number of hydrogen-bond donors (Lipinski definition) is 1. The molecule has 1 aromatic heterocycles. The molecule has 158 valence electrons. The molecular weight excluding hydrogens is 371 g/mol. The van der Waals surface area contributed by atoms with Gasteiger partial charge in [-0.25, -0.2) is 9.07 Å². The number of nitrogens with one attached hydrogen (secondary N) is 1. The molecule has 3 rings (SSSR count). The van der Waals surface area contributed by atoms with Gasteiger partial charge in [0.05, 0.1) is 0 Å². The molecule has 8 heteroatoms. The van der Waals surface area contributed by atoms with Crippen LogP contribution in [0.3, 0.4) is 0 Å². The molecule has 1 fully saturated rings. The first-order chi connectivity index (χ1) is 14.0. The van der Waals surface area contributed by atoms with Gasteiger partial charge in [-0.2, -0.15) is 0 Å². The van der Waals surface area contributed by atoms with E-state index in [1.807, 2.05) is 6.07 Å². The first-order valence-corrected chi connectivity index (χ1v) is 10.4. The smallest absolute Gasteiger partial charge is 0.245 e. The van der Waals surface area contributed by atoms with Crippen molar-refractivity contribution in [3.8, 4) is 0 Å². The summed E-state index contributed by atoms with van der Waals surface area (Å²) in [6, 6.07) is 5.98. The van der Waals surface area contributed by atoms with E-state index >= 15 is 0 Å². The Hall–Kier alpha value is -2.35. The van der Waals surface area contributed by atoms with Gasteiger partial charge in [-0.05, 0) is 67.9 Å². The fourth-order valence-corrected chi connectivity index (χ4v) is 4.32. The molecule has 7 nitrogen and oxygen atoms in total. The van der Waals surface area contributed by atoms with E-state index in [1.165, 1.54) is 48.9 Å². The summed E-state index contributed by atoms with van der Waals surface area (Å²) in [5, 5.41) is 14.7. The minimum Gasteiger partial charge on any atom is -0.353 e. The second kappa shape index (κ2) is 9.91. The second-order valence-electron chi connectivity index (χ2n) is 8.19. The number of aryl methyl sites for hydroxylation is 1. The van der Waals surface area contributed by atoms with Crippen molar-refractivity contribution in [1.82, 2.24) is 30.4 Å². The van der Waals surface area contributed by atoms with Crippen LogP contribution in [-0.2, 0) is 11.2 Å². The number of rotatable bonds is 8. The molecular formula is C21H31FN6O. The van der Waals surface area contributed by atoms with Gasteiger partial charge in [0.2, 0.25) is 5.91 Å². The van der Waals surface area contributed by atoms with Gasteiger partial charge < -0.3 is 10.2 Å². The standard InChI is InChI=1S/C21H31FN6O/c1-15-24-25-26-28(15)19(13-16-8-7-11-18(22)12-16)21(29)23-14-20(27(2)3)17-9-5-4-6-10-17/h7-8,11-12,17,19-20H,4-6,9-10,13-14H2,1-3H3,(H,23,29)/t19-,20+/m0/s1. The monoisotopic (exact) mass is 402 g/mol. The highest BCUT2D eigenvalue weighted by atomic mass is 19.1. The van der Waals surface area contributed by atoms with E-state index in [9.17, 15) is 9.18 Å². The largest absolute Gasteiger partial charge is 0.353 e. The molecule has 0 unspecified atom stereocenters. The normalized spacial score (nSPS) is 17.3. The molecule has 1 aliphatic carbocycles. The Kier molecular flexibility index (Phi) is 7.30. The number of hydrogen-bond acceptors (Lipinski definition) is 5. The van der Waals surface area contributed by atoms with Crippen molar-refractivity contribution in [3.63, 3.8) is 0 Å². The first kappa shape index (κ1) is 21.4. The number of carbonyl (C=O) groups is 1. The van der Waals surface area contributed by atoms with E-state index in [0.717, 1.165) is 5.56 Å². The van der Waals surface area contributed by atoms with Crippen molar-refractivity contribution in [1.29, 1.82) is 0 Å². The lowest BCUT2D eigenvalue weighted by atomic mass is 9.83. The molecule has 1 aromatic carbocycles. The maximum atomic E-state index is 13.6. The molecule has 1 aliphatic rings. The number of aromatic nitrogens is 4. The third kappa shape index (κ3) is 5.59. The third-order valence-electron chi connectivity index (χ3n) is 5.92. The molecule has 0 bridgehead atoms. The van der Waals surface area contributed by atoms with Crippen molar-refractivity contribution in [2.45, 2.75) is 57.5 Å². The zero-order valence-electron chi connectivity index (χ0n) is 17.5. The van der Waals surface area contributed by atoms with Crippen LogP contribution in [0.15, 0.2) is 24.3 Å². The highest BCUT2D eigenvalue weighted by molar-refractivity contribution is 5.80. The SMILES string of the molecule is Cc1nnnn1[C@@H](Cc1cccc(F)c1)C(=O)NC[C@H](C1CCCCC1)N(C)C. The van der Waals surface area contributed by atoms with Gasteiger partial charge in [0, 0.05) is 19.0 Å². The van der Waals surface area contributed by atoms with E-state index < -0.39 is 6.04 Å². The van der Waals surface area contributed by atoms with Crippen molar-refractivity contribution in [2.24, 2.45) is 5.92 Å². The van der Waals surface area contributed by atoms with E-state index in [4.69, 9.17) is 0 Å². The summed E-state index contributed by atoms with van der Waals surface area (Å²) in [6.07, 6.45) is 6.56. The summed E-state index contributed by atoms with van der Waals surface area (Å²) < 4.78 is 15.2. The lowest BCUT2D eigenvalue weighted by Gasteiger charge is -2.35. The summed E-state index contributed by atoms with van der Waals surface area (Å²) in [5.74, 6) is 0.681. The number of amides is 1. The molecule has 1 amide bonds. The van der Waals surface area contributed by atoms with Crippen LogP contribution in [0, 0.1) is 18.7 Å². The quantitative estimate of drug-likeness (QED) is 0.734. The molecule has 0 spiro atoms. The average molecular weight is 403 g/mol. The molecule has 0 radical (unpaired) electrons. The topological polar surface area (TPSA) is 75.9 Å². The van der Waals surface area contributed by atoms with Crippen LogP contribution >= 0.6 is 0 Å². The van der Waals surface area contributed by atoms with Gasteiger partial charge >= 0.3 is 0 Å². The molecule has 2 atom stereocenters. The predicted molar refractivity (Wildman–Crippen MR) is 109 cm³/mol. The van der Waals surface area contributed by atoms with Crippen LogP contribution in [0.2, 0.25) is 0 Å². The van der Waals surface area contributed by atoms with Crippen LogP contribution in [-0.4, -0.2) is 57.7 Å². The number of halogens is 1. The summed E-state index contributed by atoms with van der Waals surface area (Å²) in [7, 11) is 4.14. The molecule has 29 heavy (non-hydrogen) atoms. The Morgan fingerprint density at radius 1 is 1.31 bits per heavy atom. The highest BCUT2D eigenvalue weighted by Gasteiger charge is 2.29. The van der Waals surface area contributed by atoms with Crippen molar-refractivity contribution in [2.75, 3.05) is 20.6 Å². The van der Waals surface area contributed by atoms with Gasteiger partial charge in [0.25, 0.3) is 0 Å². The van der Waals surface area contributed by atoms with Gasteiger partial charge in [-0.3, -0.25) is 4.79 Å². The van der Waals surface area contributed by atoms with E-state index in [0.29, 0.717) is 30.7 Å². The fourth-order valence-electron chi connectivity index (χ4n) is 4.32. The van der Waals surface area contributed by atoms with Gasteiger partial charge in [-0.15, -0.1) is 5.10 Å². The third-order valence-corrected chi connectivity index (χ3v) is 5.92. The summed E-state index contributed by atoms with van der Waals surface area (Å²) in [6.45, 7) is 2.34. The van der Waals surface area contributed by atoms with E-state index in [-0.39, 0.29) is 11.7 Å². The Morgan fingerprint density at radius 3 is 2.69 bits per heavy atom. The van der Waals surface area contributed by atoms with Gasteiger partial charge in [0.1, 0.15) is 17.7 Å². The zero-order chi connectivity index (χ0) is 20.8. The Labute approximate surface area is 171 Å². The average Bonchev–Trinajstić information content (AvgIpc) is 3.12. The number of carbonyl (C=O) groups excluding carboxylic acids is 1. The summed E-state index contributed by atoms with van der Waals surface area (Å²) >= 11 is 0. The Balaban J connectivity index is 1.73. The predicted octanol–water partition coefficient (Wildman–Crippen LogP) is 2.53. The van der Waals surface area contributed by atoms with Crippen LogP contribution in [0.25, 0.3) is 0 Å². The van der Waals surface area contributed by atoms with E-state index in [2.05, 4.69) is 39.8 Å². The molecule has 1 heterocycles. The molecule has 1 N–H and O–H groups in total. The zero-order valence-corrected chi connectivity index (χ0v) is 17.5. The number of nitrogens with zero attached hydrogens (tertiary/aromatic N) is 5. The molecule has 0 aliphatic heterocycles. The van der Waals surface area contributed by atoms with Crippen LogP contribution < -0.4 is 5.32 Å². The van der Waals surface area contributed by atoms with Gasteiger partial charge in [-0.1, -0.05) is 31.4 Å². The lowest BCUT2D eigenvalue weighted by Crippen LogP contribution is -2.47. The van der Waals surface area contributed by atoms with Crippen LogP contribution in [0.4, 0.5) is 4.39 Å². The highest BCUT2D eigenvalue weighted by Crippen LogP contribution is 2.28. The number of benzene rings is 1. The van der Waals surface area contributed by atoms with Gasteiger partial charge in [0.15, 0.2) is 0 Å². The Bertz CT molecular complexity index is 802. The maximum Gasteiger partial charge on any atom is 0.245 e. The van der Waals surface area contributed by atoms with E-state index in [1.54, 1.807) is 13.0 Å². The van der Waals surface area contributed by atoms with Crippen LogP contribution in [0.1, 0.15) is 49.5 Å². The first-order valence-electron chi connectivity index (χ1n) is 10.4. The van der Waals surface area contributed by atoms with Crippen molar-refractivity contribution in [3.05, 3.63) is 41.5 Å². The molecule has 0 saturated heterocycles. The number of tetrazole rings is 1. The molecule has 2 aromatic rings. The lowest BCUT2D eigenvalue weighted by molar-refractivity contribution is -0.125. The van der Waals surface area contributed by atoms with Crippen molar-refractivity contribution < 1.29 is 9.18 Å². The minimum absolute atomic E-state index is 0.146. The molecule has 1 saturated carbocycles. The maximum absolute atomic E-state index is 13.6. The van der Waals surface area contributed by atoms with Crippen LogP contribution in [0.5, 0.6) is 0 Å². The summed E-state index contributed by atoms with van der Waals surface area (Å²) in [4.78, 5) is 15.4. The number of likely N-dealkylation sites (N-methyl/N-ethyl adjacent to an activating group) is 1. The van der Waals surface area contributed by atoms with Crippen molar-refractivity contribution >= 4 is 5.91 Å².